The van der Waals surface area contributed by atoms with Gasteiger partial charge in [0.15, 0.2) is 11.5 Å². The number of carbonyl (C=O) groups is 1. The number of amides is 1. The zero-order chi connectivity index (χ0) is 17.5. The maximum atomic E-state index is 12.1. The van der Waals surface area contributed by atoms with E-state index < -0.39 is 0 Å². The Labute approximate surface area is 145 Å². The highest BCUT2D eigenvalue weighted by molar-refractivity contribution is 5.92. The maximum Gasteiger partial charge on any atom is 0.271 e. The van der Waals surface area contributed by atoms with E-state index in [1.807, 2.05) is 24.3 Å². The molecule has 1 fully saturated rings. The van der Waals surface area contributed by atoms with Gasteiger partial charge in [0.05, 0.1) is 38.7 Å². The number of ether oxygens (including phenoxy) is 4. The number of H-pyrrole nitrogens is 1. The summed E-state index contributed by atoms with van der Waals surface area (Å²) in [5.41, 5.74) is 0.990. The van der Waals surface area contributed by atoms with Gasteiger partial charge in [-0.1, -0.05) is 12.1 Å². The minimum absolute atomic E-state index is 0.120. The Bertz CT molecular complexity index is 697. The van der Waals surface area contributed by atoms with Crippen molar-refractivity contribution in [3.63, 3.8) is 0 Å². The summed E-state index contributed by atoms with van der Waals surface area (Å²) in [5.74, 6) is 1.00. The van der Waals surface area contributed by atoms with Gasteiger partial charge in [-0.2, -0.15) is 5.10 Å². The first kappa shape index (κ1) is 17.2. The standard InChI is InChI=1S/C17H21N3O5/c1-22-15-4-2-3-5-16(15)25-10-12-8-14(20-19-12)17(21)18-9-13-11-23-6-7-24-13/h2-5,8,13H,6-7,9-11H2,1H3,(H,18,21)(H,19,20)/t13-/m0/s1. The minimum Gasteiger partial charge on any atom is -0.493 e. The van der Waals surface area contributed by atoms with Gasteiger partial charge < -0.3 is 24.3 Å². The van der Waals surface area contributed by atoms with Gasteiger partial charge in [-0.3, -0.25) is 9.89 Å². The number of aromatic amines is 1. The second-order valence-corrected chi connectivity index (χ2v) is 5.50. The molecule has 1 aromatic heterocycles. The number of hydrogen-bond acceptors (Lipinski definition) is 6. The van der Waals surface area contributed by atoms with Crippen LogP contribution >= 0.6 is 0 Å². The summed E-state index contributed by atoms with van der Waals surface area (Å²) >= 11 is 0. The Morgan fingerprint density at radius 1 is 1.36 bits per heavy atom. The number of hydrogen-bond donors (Lipinski definition) is 2. The highest BCUT2D eigenvalue weighted by atomic mass is 16.6. The van der Waals surface area contributed by atoms with Crippen molar-refractivity contribution in [2.75, 3.05) is 33.5 Å². The van der Waals surface area contributed by atoms with Crippen LogP contribution in [0, 0.1) is 0 Å². The number of rotatable bonds is 7. The fourth-order valence-corrected chi connectivity index (χ4v) is 2.40. The van der Waals surface area contributed by atoms with Crippen LogP contribution < -0.4 is 14.8 Å². The predicted molar refractivity (Wildman–Crippen MR) is 88.8 cm³/mol. The summed E-state index contributed by atoms with van der Waals surface area (Å²) in [7, 11) is 1.59. The molecule has 0 radical (unpaired) electrons. The number of nitrogens with one attached hydrogen (secondary N) is 2. The zero-order valence-electron chi connectivity index (χ0n) is 14.0. The van der Waals surface area contributed by atoms with Crippen molar-refractivity contribution >= 4 is 5.91 Å². The van der Waals surface area contributed by atoms with Crippen molar-refractivity contribution in [1.82, 2.24) is 15.5 Å². The molecular weight excluding hydrogens is 326 g/mol. The van der Waals surface area contributed by atoms with E-state index in [-0.39, 0.29) is 18.6 Å². The minimum atomic E-state index is -0.269. The van der Waals surface area contributed by atoms with Gasteiger partial charge in [-0.15, -0.1) is 0 Å². The van der Waals surface area contributed by atoms with E-state index in [0.717, 1.165) is 0 Å². The molecule has 8 heteroatoms. The van der Waals surface area contributed by atoms with E-state index in [4.69, 9.17) is 18.9 Å². The van der Waals surface area contributed by atoms with Crippen LogP contribution in [-0.4, -0.2) is 55.7 Å². The number of benzene rings is 1. The summed E-state index contributed by atoms with van der Waals surface area (Å²) < 4.78 is 21.7. The Hall–Kier alpha value is -2.58. The molecule has 0 spiro atoms. The topological polar surface area (TPSA) is 94.7 Å². The third-order valence-electron chi connectivity index (χ3n) is 3.69. The smallest absolute Gasteiger partial charge is 0.271 e. The van der Waals surface area contributed by atoms with Crippen molar-refractivity contribution in [2.45, 2.75) is 12.7 Å². The molecule has 8 nitrogen and oxygen atoms in total. The maximum absolute atomic E-state index is 12.1. The molecule has 2 N–H and O–H groups in total. The molecular formula is C17H21N3O5. The van der Waals surface area contributed by atoms with Gasteiger partial charge in [-0.05, 0) is 18.2 Å². The third-order valence-corrected chi connectivity index (χ3v) is 3.69. The molecule has 2 heterocycles. The monoisotopic (exact) mass is 347 g/mol. The van der Waals surface area contributed by atoms with Crippen molar-refractivity contribution in [2.24, 2.45) is 0 Å². The zero-order valence-corrected chi connectivity index (χ0v) is 14.0. The Kier molecular flexibility index (Phi) is 5.86. The lowest BCUT2D eigenvalue weighted by atomic mass is 10.3. The molecule has 1 aliphatic rings. The summed E-state index contributed by atoms with van der Waals surface area (Å²) in [4.78, 5) is 12.1. The van der Waals surface area contributed by atoms with E-state index in [9.17, 15) is 4.79 Å². The van der Waals surface area contributed by atoms with Crippen molar-refractivity contribution in [1.29, 1.82) is 0 Å². The van der Waals surface area contributed by atoms with Gasteiger partial charge >= 0.3 is 0 Å². The van der Waals surface area contributed by atoms with Gasteiger partial charge in [-0.25, -0.2) is 0 Å². The van der Waals surface area contributed by atoms with Crippen LogP contribution in [0.5, 0.6) is 11.5 Å². The Morgan fingerprint density at radius 2 is 2.20 bits per heavy atom. The van der Waals surface area contributed by atoms with Gasteiger partial charge in [0.25, 0.3) is 5.91 Å². The average Bonchev–Trinajstić information content (AvgIpc) is 3.14. The molecule has 0 aliphatic carbocycles. The lowest BCUT2D eigenvalue weighted by Crippen LogP contribution is -2.39. The Balaban J connectivity index is 1.50. The van der Waals surface area contributed by atoms with Crippen LogP contribution in [0.4, 0.5) is 0 Å². The molecule has 134 valence electrons. The van der Waals surface area contributed by atoms with Crippen LogP contribution in [0.1, 0.15) is 16.2 Å². The number of aromatic nitrogens is 2. The molecule has 3 rings (SSSR count). The molecule has 0 saturated carbocycles. The van der Waals surface area contributed by atoms with Crippen LogP contribution in [0.3, 0.4) is 0 Å². The number of nitrogens with zero attached hydrogens (tertiary/aromatic N) is 1. The molecule has 0 bridgehead atoms. The van der Waals surface area contributed by atoms with Crippen LogP contribution in [-0.2, 0) is 16.1 Å². The number of methoxy groups -OCH3 is 1. The van der Waals surface area contributed by atoms with E-state index in [2.05, 4.69) is 15.5 Å². The second-order valence-electron chi connectivity index (χ2n) is 5.50. The van der Waals surface area contributed by atoms with Gasteiger partial charge in [0, 0.05) is 6.54 Å². The quantitative estimate of drug-likeness (QED) is 0.780. The molecule has 1 saturated heterocycles. The molecule has 2 aromatic rings. The van der Waals surface area contributed by atoms with Crippen LogP contribution in [0.2, 0.25) is 0 Å². The SMILES string of the molecule is COc1ccccc1OCc1cc(C(=O)NC[C@H]2COCCO2)n[nH]1. The normalized spacial score (nSPS) is 17.1. The van der Waals surface area contributed by atoms with Crippen LogP contribution in [0.15, 0.2) is 30.3 Å². The fraction of sp³-hybridized carbons (Fsp3) is 0.412. The molecule has 1 amide bonds. The van der Waals surface area contributed by atoms with E-state index in [1.165, 1.54) is 0 Å². The molecule has 1 aliphatic heterocycles. The average molecular weight is 347 g/mol. The number of para-hydroxylation sites is 2. The van der Waals surface area contributed by atoms with E-state index >= 15 is 0 Å². The molecule has 0 unspecified atom stereocenters. The summed E-state index contributed by atoms with van der Waals surface area (Å²) in [6.45, 7) is 2.27. The summed E-state index contributed by atoms with van der Waals surface area (Å²) in [6, 6.07) is 9.02. The van der Waals surface area contributed by atoms with Crippen LogP contribution in [0.25, 0.3) is 0 Å². The Morgan fingerprint density at radius 3 is 2.96 bits per heavy atom. The van der Waals surface area contributed by atoms with E-state index in [0.29, 0.717) is 49.3 Å². The van der Waals surface area contributed by atoms with Crippen molar-refractivity contribution in [3.8, 4) is 11.5 Å². The van der Waals surface area contributed by atoms with Gasteiger partial charge in [0.1, 0.15) is 12.3 Å². The second kappa shape index (κ2) is 8.50. The lowest BCUT2D eigenvalue weighted by molar-refractivity contribution is -0.0855. The van der Waals surface area contributed by atoms with Crippen molar-refractivity contribution < 1.29 is 23.7 Å². The number of carbonyl (C=O) groups excluding carboxylic acids is 1. The first-order valence-electron chi connectivity index (χ1n) is 8.04. The lowest BCUT2D eigenvalue weighted by Gasteiger charge is -2.22. The van der Waals surface area contributed by atoms with E-state index in [1.54, 1.807) is 13.2 Å². The van der Waals surface area contributed by atoms with Crippen molar-refractivity contribution in [3.05, 3.63) is 41.7 Å². The highest BCUT2D eigenvalue weighted by Crippen LogP contribution is 2.26. The summed E-state index contributed by atoms with van der Waals surface area (Å²) in [6.07, 6.45) is -0.120. The largest absolute Gasteiger partial charge is 0.493 e. The highest BCUT2D eigenvalue weighted by Gasteiger charge is 2.17. The first-order chi connectivity index (χ1) is 12.3. The summed E-state index contributed by atoms with van der Waals surface area (Å²) in [5, 5.41) is 9.60. The predicted octanol–water partition coefficient (Wildman–Crippen LogP) is 1.14. The van der Waals surface area contributed by atoms with Gasteiger partial charge in [0.2, 0.25) is 0 Å². The third kappa shape index (κ3) is 4.71. The first-order valence-corrected chi connectivity index (χ1v) is 8.04. The molecule has 25 heavy (non-hydrogen) atoms. The molecule has 1 aromatic carbocycles. The fourth-order valence-electron chi connectivity index (χ4n) is 2.40. The molecule has 1 atom stereocenters.